The Balaban J connectivity index is 2.18. The van der Waals surface area contributed by atoms with Crippen molar-refractivity contribution in [1.29, 1.82) is 0 Å². The molecular formula is C15H17NO. The fraction of sp³-hybridized carbons (Fsp3) is 0.400. The van der Waals surface area contributed by atoms with E-state index in [1.165, 1.54) is 22.4 Å². The molecule has 17 heavy (non-hydrogen) atoms. The van der Waals surface area contributed by atoms with Crippen molar-refractivity contribution in [3.8, 4) is 0 Å². The van der Waals surface area contributed by atoms with Crippen molar-refractivity contribution in [1.82, 2.24) is 4.90 Å². The lowest BCUT2D eigenvalue weighted by Gasteiger charge is -2.30. The molecule has 88 valence electrons. The van der Waals surface area contributed by atoms with Crippen LogP contribution >= 0.6 is 0 Å². The van der Waals surface area contributed by atoms with Crippen molar-refractivity contribution in [2.45, 2.75) is 33.2 Å². The smallest absolute Gasteiger partial charge is 0.230 e. The highest BCUT2D eigenvalue weighted by Crippen LogP contribution is 2.42. The molecule has 2 heteroatoms. The molecule has 0 aromatic heterocycles. The lowest BCUT2D eigenvalue weighted by atomic mass is 9.90. The second-order valence-electron chi connectivity index (χ2n) is 4.99. The van der Waals surface area contributed by atoms with E-state index in [0.29, 0.717) is 0 Å². The highest BCUT2D eigenvalue weighted by atomic mass is 16.2. The largest absolute Gasteiger partial charge is 0.307 e. The van der Waals surface area contributed by atoms with Gasteiger partial charge in [0, 0.05) is 11.5 Å². The molecule has 1 aromatic rings. The molecule has 2 aliphatic heterocycles. The molecule has 1 amide bonds. The van der Waals surface area contributed by atoms with Gasteiger partial charge in [0.25, 0.3) is 0 Å². The zero-order valence-corrected chi connectivity index (χ0v) is 10.4. The van der Waals surface area contributed by atoms with Crippen molar-refractivity contribution >= 4 is 11.6 Å². The first-order chi connectivity index (χ1) is 8.22. The summed E-state index contributed by atoms with van der Waals surface area (Å²) in [7, 11) is 0. The summed E-state index contributed by atoms with van der Waals surface area (Å²) in [6.45, 7) is 4.99. The number of fused-ring (bicyclic) bond motifs is 3. The Kier molecular flexibility index (Phi) is 2.32. The van der Waals surface area contributed by atoms with E-state index in [9.17, 15) is 4.79 Å². The predicted octanol–water partition coefficient (Wildman–Crippen LogP) is 3.19. The van der Waals surface area contributed by atoms with Crippen LogP contribution in [0.1, 0.15) is 37.8 Å². The minimum atomic E-state index is 0.142. The molecule has 1 atom stereocenters. The third-order valence-electron chi connectivity index (χ3n) is 3.87. The zero-order valence-electron chi connectivity index (χ0n) is 10.4. The van der Waals surface area contributed by atoms with Gasteiger partial charge >= 0.3 is 0 Å². The standard InChI is InChI=1S/C15H17NO/c1-3-11-8-10(2)15(17)16-9-12-6-4-5-7-13(12)14(11)16/h4-7,10H,3,8-9H2,1-2H3. The first-order valence-corrected chi connectivity index (χ1v) is 6.34. The van der Waals surface area contributed by atoms with E-state index in [-0.39, 0.29) is 11.8 Å². The van der Waals surface area contributed by atoms with E-state index < -0.39 is 0 Å². The van der Waals surface area contributed by atoms with Gasteiger partial charge in [-0.3, -0.25) is 4.79 Å². The minimum Gasteiger partial charge on any atom is -0.307 e. The average Bonchev–Trinajstić information content (AvgIpc) is 2.73. The summed E-state index contributed by atoms with van der Waals surface area (Å²) < 4.78 is 0. The van der Waals surface area contributed by atoms with Crippen molar-refractivity contribution < 1.29 is 4.79 Å². The Bertz CT molecular complexity index is 515. The first kappa shape index (κ1) is 10.6. The highest BCUT2D eigenvalue weighted by Gasteiger charge is 2.36. The van der Waals surface area contributed by atoms with Crippen molar-refractivity contribution in [3.63, 3.8) is 0 Å². The van der Waals surface area contributed by atoms with E-state index in [1.54, 1.807) is 0 Å². The molecule has 0 saturated carbocycles. The molecule has 1 aromatic carbocycles. The second-order valence-corrected chi connectivity index (χ2v) is 4.99. The predicted molar refractivity (Wildman–Crippen MR) is 68.0 cm³/mol. The van der Waals surface area contributed by atoms with Crippen LogP contribution in [0.3, 0.4) is 0 Å². The zero-order chi connectivity index (χ0) is 12.0. The normalized spacial score (nSPS) is 22.8. The van der Waals surface area contributed by atoms with Crippen LogP contribution in [0, 0.1) is 5.92 Å². The van der Waals surface area contributed by atoms with Gasteiger partial charge in [0.2, 0.25) is 5.91 Å². The van der Waals surface area contributed by atoms with E-state index in [4.69, 9.17) is 0 Å². The number of hydrogen-bond acceptors (Lipinski definition) is 1. The first-order valence-electron chi connectivity index (χ1n) is 6.34. The van der Waals surface area contributed by atoms with Gasteiger partial charge in [-0.05, 0) is 24.0 Å². The summed E-state index contributed by atoms with van der Waals surface area (Å²) in [5.74, 6) is 0.427. The third kappa shape index (κ3) is 1.43. The van der Waals surface area contributed by atoms with Gasteiger partial charge < -0.3 is 4.90 Å². The monoisotopic (exact) mass is 227 g/mol. The van der Waals surface area contributed by atoms with E-state index >= 15 is 0 Å². The Morgan fingerprint density at radius 3 is 2.88 bits per heavy atom. The van der Waals surface area contributed by atoms with Crippen LogP contribution in [0.15, 0.2) is 29.8 Å². The summed E-state index contributed by atoms with van der Waals surface area (Å²) in [4.78, 5) is 14.2. The molecule has 0 N–H and O–H groups in total. The summed E-state index contributed by atoms with van der Waals surface area (Å²) in [6.07, 6.45) is 1.97. The van der Waals surface area contributed by atoms with Gasteiger partial charge in [0.1, 0.15) is 0 Å². The van der Waals surface area contributed by atoms with Crippen LogP contribution in [-0.4, -0.2) is 10.8 Å². The fourth-order valence-corrected chi connectivity index (χ4v) is 2.98. The average molecular weight is 227 g/mol. The van der Waals surface area contributed by atoms with Crippen LogP contribution in [-0.2, 0) is 11.3 Å². The summed E-state index contributed by atoms with van der Waals surface area (Å²) in [5.41, 5.74) is 5.19. The number of hydrogen-bond donors (Lipinski definition) is 0. The molecule has 0 spiro atoms. The molecule has 0 radical (unpaired) electrons. The minimum absolute atomic E-state index is 0.142. The quantitative estimate of drug-likeness (QED) is 0.721. The third-order valence-corrected chi connectivity index (χ3v) is 3.87. The van der Waals surface area contributed by atoms with Gasteiger partial charge in [-0.2, -0.15) is 0 Å². The summed E-state index contributed by atoms with van der Waals surface area (Å²) >= 11 is 0. The van der Waals surface area contributed by atoms with E-state index in [2.05, 4.69) is 31.2 Å². The maximum Gasteiger partial charge on any atom is 0.230 e. The summed E-state index contributed by atoms with van der Waals surface area (Å²) in [6, 6.07) is 8.39. The fourth-order valence-electron chi connectivity index (χ4n) is 2.98. The number of rotatable bonds is 1. The number of carbonyl (C=O) groups excluding carboxylic acids is 1. The molecule has 2 aliphatic rings. The molecule has 3 rings (SSSR count). The Hall–Kier alpha value is -1.57. The molecule has 1 unspecified atom stereocenters. The maximum absolute atomic E-state index is 12.2. The van der Waals surface area contributed by atoms with E-state index in [1.807, 2.05) is 11.8 Å². The molecule has 2 heterocycles. The Morgan fingerprint density at radius 1 is 1.35 bits per heavy atom. The Labute approximate surface area is 102 Å². The van der Waals surface area contributed by atoms with Crippen LogP contribution < -0.4 is 0 Å². The molecule has 0 saturated heterocycles. The Morgan fingerprint density at radius 2 is 2.12 bits per heavy atom. The molecule has 0 fully saturated rings. The number of allylic oxidation sites excluding steroid dienone is 1. The van der Waals surface area contributed by atoms with Gasteiger partial charge in [0.15, 0.2) is 0 Å². The molecule has 0 bridgehead atoms. The summed E-state index contributed by atoms with van der Waals surface area (Å²) in [5, 5.41) is 0. The second kappa shape index (κ2) is 3.73. The molecule has 0 aliphatic carbocycles. The SMILES string of the molecule is CCC1=C2c3ccccc3CN2C(=O)C(C)C1. The highest BCUT2D eigenvalue weighted by molar-refractivity contribution is 5.94. The molecular weight excluding hydrogens is 210 g/mol. The van der Waals surface area contributed by atoms with Crippen LogP contribution in [0.5, 0.6) is 0 Å². The van der Waals surface area contributed by atoms with Crippen LogP contribution in [0.4, 0.5) is 0 Å². The number of amides is 1. The van der Waals surface area contributed by atoms with Crippen molar-refractivity contribution in [2.24, 2.45) is 5.92 Å². The number of benzene rings is 1. The number of nitrogens with zero attached hydrogens (tertiary/aromatic N) is 1. The molecule has 2 nitrogen and oxygen atoms in total. The maximum atomic E-state index is 12.2. The van der Waals surface area contributed by atoms with Crippen LogP contribution in [0.25, 0.3) is 5.70 Å². The van der Waals surface area contributed by atoms with Gasteiger partial charge in [-0.15, -0.1) is 0 Å². The lowest BCUT2D eigenvalue weighted by molar-refractivity contribution is -0.132. The lowest BCUT2D eigenvalue weighted by Crippen LogP contribution is -2.34. The van der Waals surface area contributed by atoms with Gasteiger partial charge in [-0.25, -0.2) is 0 Å². The topological polar surface area (TPSA) is 20.3 Å². The van der Waals surface area contributed by atoms with Crippen molar-refractivity contribution in [3.05, 3.63) is 41.0 Å². The van der Waals surface area contributed by atoms with Gasteiger partial charge in [0.05, 0.1) is 12.2 Å². The van der Waals surface area contributed by atoms with Crippen molar-refractivity contribution in [2.75, 3.05) is 0 Å². The van der Waals surface area contributed by atoms with E-state index in [0.717, 1.165) is 19.4 Å². The van der Waals surface area contributed by atoms with Crippen LogP contribution in [0.2, 0.25) is 0 Å². The van der Waals surface area contributed by atoms with Gasteiger partial charge in [-0.1, -0.05) is 38.1 Å². The number of carbonyl (C=O) groups is 1.